The minimum absolute atomic E-state index is 0.000936. The summed E-state index contributed by atoms with van der Waals surface area (Å²) in [6.45, 7) is 7.87. The molecule has 0 bridgehead atoms. The average molecular weight is 426 g/mol. The molecule has 0 aromatic carbocycles. The topological polar surface area (TPSA) is 110 Å². The normalized spacial score (nSPS) is 27.3. The third-order valence-corrected chi connectivity index (χ3v) is 7.25. The molecule has 160 valence electrons. The first-order chi connectivity index (χ1) is 13.4. The molecule has 0 amide bonds. The molecule has 0 saturated heterocycles. The maximum Gasteiger partial charge on any atom is 0.313 e. The van der Waals surface area contributed by atoms with Gasteiger partial charge in [-0.15, -0.1) is 0 Å². The highest BCUT2D eigenvalue weighted by atomic mass is 32.2. The van der Waals surface area contributed by atoms with Crippen molar-refractivity contribution in [1.29, 1.82) is 0 Å². The lowest BCUT2D eigenvalue weighted by atomic mass is 9.99. The van der Waals surface area contributed by atoms with Gasteiger partial charge >= 0.3 is 5.97 Å². The summed E-state index contributed by atoms with van der Waals surface area (Å²) in [6, 6.07) is 2.58. The van der Waals surface area contributed by atoms with Gasteiger partial charge in [0.1, 0.15) is 50.6 Å². The number of nitrogen functional groups attached to an aromatic ring is 1. The van der Waals surface area contributed by atoms with Gasteiger partial charge in [-0.25, -0.2) is 17.9 Å². The first-order valence-corrected chi connectivity index (χ1v) is 11.3. The number of esters is 1. The Hall–Kier alpha value is -2.23. The number of carbonyl (C=O) groups excluding carboxylic acids is 1. The number of halogens is 1. The second kappa shape index (κ2) is 7.55. The van der Waals surface area contributed by atoms with Crippen LogP contribution in [0.25, 0.3) is 0 Å². The molecule has 29 heavy (non-hydrogen) atoms. The molecule has 2 atom stereocenters. The number of amidine groups is 1. The van der Waals surface area contributed by atoms with Gasteiger partial charge in [0.25, 0.3) is 0 Å². The highest BCUT2D eigenvalue weighted by Crippen LogP contribution is 2.36. The first-order valence-electron chi connectivity index (χ1n) is 9.63. The number of aromatic nitrogens is 1. The van der Waals surface area contributed by atoms with Crippen molar-refractivity contribution in [2.24, 2.45) is 9.36 Å². The molecule has 0 radical (unpaired) electrons. The van der Waals surface area contributed by atoms with Crippen LogP contribution in [0.15, 0.2) is 21.5 Å². The van der Waals surface area contributed by atoms with E-state index in [-0.39, 0.29) is 29.5 Å². The summed E-state index contributed by atoms with van der Waals surface area (Å²) < 4.78 is 39.9. The van der Waals surface area contributed by atoms with Gasteiger partial charge in [-0.2, -0.15) is 0 Å². The minimum atomic E-state index is -2.92. The summed E-state index contributed by atoms with van der Waals surface area (Å²) in [5, 5.41) is 0. The average Bonchev–Trinajstić information content (AvgIpc) is 2.76. The Labute approximate surface area is 171 Å². The molecule has 0 aliphatic carbocycles. The van der Waals surface area contributed by atoms with Crippen LogP contribution >= 0.6 is 0 Å². The zero-order valence-electron chi connectivity index (χ0n) is 17.3. The number of pyridine rings is 1. The highest BCUT2D eigenvalue weighted by Gasteiger charge is 2.44. The van der Waals surface area contributed by atoms with Crippen LogP contribution in [0.1, 0.15) is 52.7 Å². The molecule has 3 heterocycles. The second-order valence-corrected chi connectivity index (χ2v) is 10.7. The van der Waals surface area contributed by atoms with Crippen molar-refractivity contribution < 1.29 is 18.1 Å². The van der Waals surface area contributed by atoms with Gasteiger partial charge in [-0.3, -0.25) is 14.1 Å². The zero-order valence-corrected chi connectivity index (χ0v) is 18.1. The number of nitrogens with zero attached hydrogens (tertiary/aromatic N) is 4. The third-order valence-electron chi connectivity index (χ3n) is 4.64. The van der Waals surface area contributed by atoms with Gasteiger partial charge in [-0.1, -0.05) is 0 Å². The van der Waals surface area contributed by atoms with E-state index < -0.39 is 32.8 Å². The number of hydrogen-bond donors (Lipinski definition) is 1. The fraction of sp³-hybridized carbons (Fsp3) is 0.632. The Kier molecular flexibility index (Phi) is 5.59. The predicted octanol–water partition coefficient (Wildman–Crippen LogP) is 2.64. The van der Waals surface area contributed by atoms with Crippen LogP contribution in [-0.4, -0.2) is 49.7 Å². The summed E-state index contributed by atoms with van der Waals surface area (Å²) >= 11 is 0. The van der Waals surface area contributed by atoms with Crippen LogP contribution < -0.4 is 5.73 Å². The molecular weight excluding hydrogens is 397 g/mol. The van der Waals surface area contributed by atoms with Gasteiger partial charge in [0.2, 0.25) is 0 Å². The number of aliphatic imine (C=N–C) groups is 1. The Morgan fingerprint density at radius 2 is 2.10 bits per heavy atom. The largest absolute Gasteiger partial charge is 0.460 e. The maximum atomic E-state index is 14.6. The van der Waals surface area contributed by atoms with E-state index in [1.165, 1.54) is 12.1 Å². The number of rotatable bonds is 3. The molecule has 1 aromatic rings. The summed E-state index contributed by atoms with van der Waals surface area (Å²) in [5.41, 5.74) is 3.83. The SMILES string of the molecule is CC(C)(C)OC(=O)CC1=N[C@](C)(c2nc(N)ccc2F)C[S@]2(=O)=NCCCCN12. The fourth-order valence-corrected chi connectivity index (χ4v) is 6.12. The van der Waals surface area contributed by atoms with E-state index in [0.29, 0.717) is 13.1 Å². The molecule has 1 aromatic heterocycles. The van der Waals surface area contributed by atoms with Gasteiger partial charge in [0, 0.05) is 6.54 Å². The van der Waals surface area contributed by atoms with E-state index in [0.717, 1.165) is 12.8 Å². The summed E-state index contributed by atoms with van der Waals surface area (Å²) in [4.78, 5) is 21.3. The standard InChI is InChI=1S/C19H28FN5O3S/c1-18(2,3)28-16(26)11-15-24-19(4,17-13(20)7-8-14(21)23-17)12-29(27)22-9-5-6-10-25(15)29/h7-8H,5-6,9-12H2,1-4H3,(H2,21,23)/t19-,29-/m0/s1. The molecule has 0 unspecified atom stereocenters. The fourth-order valence-electron chi connectivity index (χ4n) is 3.53. The minimum Gasteiger partial charge on any atom is -0.460 e. The molecule has 8 nitrogen and oxygen atoms in total. The maximum absolute atomic E-state index is 14.6. The van der Waals surface area contributed by atoms with E-state index in [2.05, 4.69) is 14.3 Å². The summed E-state index contributed by atoms with van der Waals surface area (Å²) in [7, 11) is -2.92. The summed E-state index contributed by atoms with van der Waals surface area (Å²) in [6.07, 6.45) is 1.38. The molecule has 10 heteroatoms. The number of anilines is 1. The van der Waals surface area contributed by atoms with Crippen molar-refractivity contribution in [3.05, 3.63) is 23.6 Å². The number of nitrogens with two attached hydrogens (primary N) is 1. The van der Waals surface area contributed by atoms with Crippen molar-refractivity contribution in [2.45, 2.75) is 58.1 Å². The Bertz CT molecular complexity index is 965. The van der Waals surface area contributed by atoms with E-state index in [1.807, 2.05) is 0 Å². The van der Waals surface area contributed by atoms with Gasteiger partial charge in [0.15, 0.2) is 0 Å². The summed E-state index contributed by atoms with van der Waals surface area (Å²) in [5.74, 6) is -0.681. The van der Waals surface area contributed by atoms with Crippen LogP contribution in [0.5, 0.6) is 0 Å². The molecule has 2 aliphatic heterocycles. The van der Waals surface area contributed by atoms with Crippen molar-refractivity contribution >= 4 is 27.5 Å². The molecule has 0 fully saturated rings. The number of carbonyl (C=O) groups is 1. The van der Waals surface area contributed by atoms with E-state index in [9.17, 15) is 13.4 Å². The van der Waals surface area contributed by atoms with Crippen LogP contribution in [0.4, 0.5) is 10.2 Å². The zero-order chi connectivity index (χ0) is 21.4. The van der Waals surface area contributed by atoms with E-state index in [4.69, 9.17) is 10.5 Å². The molecule has 3 rings (SSSR count). The molecule has 2 aliphatic rings. The molecule has 0 spiro atoms. The van der Waals surface area contributed by atoms with Gasteiger partial charge in [0.05, 0.1) is 12.3 Å². The lowest BCUT2D eigenvalue weighted by molar-refractivity contribution is -0.153. The van der Waals surface area contributed by atoms with E-state index >= 15 is 0 Å². The van der Waals surface area contributed by atoms with Crippen molar-refractivity contribution in [2.75, 3.05) is 24.6 Å². The highest BCUT2D eigenvalue weighted by molar-refractivity contribution is 7.92. The smallest absolute Gasteiger partial charge is 0.313 e. The Morgan fingerprint density at radius 3 is 2.79 bits per heavy atom. The third kappa shape index (κ3) is 4.68. The van der Waals surface area contributed by atoms with Crippen LogP contribution in [0.2, 0.25) is 0 Å². The molecule has 0 saturated carbocycles. The van der Waals surface area contributed by atoms with Crippen LogP contribution in [0.3, 0.4) is 0 Å². The van der Waals surface area contributed by atoms with Gasteiger partial charge in [-0.05, 0) is 52.7 Å². The lowest BCUT2D eigenvalue weighted by Gasteiger charge is -2.39. The number of ether oxygens (including phenoxy) is 1. The van der Waals surface area contributed by atoms with E-state index in [1.54, 1.807) is 32.0 Å². The van der Waals surface area contributed by atoms with Crippen molar-refractivity contribution in [3.63, 3.8) is 0 Å². The Morgan fingerprint density at radius 1 is 1.38 bits per heavy atom. The lowest BCUT2D eigenvalue weighted by Crippen LogP contribution is -2.50. The quantitative estimate of drug-likeness (QED) is 0.749. The first kappa shape index (κ1) is 21.5. The van der Waals surface area contributed by atoms with Crippen molar-refractivity contribution in [3.8, 4) is 0 Å². The van der Waals surface area contributed by atoms with Gasteiger partial charge < -0.3 is 10.5 Å². The predicted molar refractivity (Wildman–Crippen MR) is 110 cm³/mol. The molecular formula is C19H28FN5O3S. The molecule has 2 N–H and O–H groups in total. The number of fused-ring (bicyclic) bond motifs is 1. The Balaban J connectivity index is 2.10. The monoisotopic (exact) mass is 425 g/mol. The number of hydrogen-bond acceptors (Lipinski definition) is 7. The van der Waals surface area contributed by atoms with Crippen molar-refractivity contribution in [1.82, 2.24) is 9.29 Å². The second-order valence-electron chi connectivity index (χ2n) is 8.54. The van der Waals surface area contributed by atoms with Crippen LogP contribution in [-0.2, 0) is 25.0 Å². The van der Waals surface area contributed by atoms with Crippen LogP contribution in [0, 0.1) is 5.82 Å².